The van der Waals surface area contributed by atoms with Gasteiger partial charge in [-0.25, -0.2) is 0 Å². The van der Waals surface area contributed by atoms with Crippen molar-refractivity contribution < 1.29 is 4.42 Å². The van der Waals surface area contributed by atoms with Gasteiger partial charge in [0, 0.05) is 61.1 Å². The highest BCUT2D eigenvalue weighted by atomic mass is 16.3. The molecule has 2 aromatic heterocycles. The fourth-order valence-electron chi connectivity index (χ4n) is 13.1. The van der Waals surface area contributed by atoms with Crippen LogP contribution in [0.3, 0.4) is 0 Å². The van der Waals surface area contributed by atoms with E-state index in [2.05, 4.69) is 218 Å². The summed E-state index contributed by atoms with van der Waals surface area (Å²) >= 11 is 0. The SMILES string of the molecule is CC(C)(C)c1ccc(N2B3c4cc5c(cc4-n4c6ccc(C(C)(C)C)cc6c6c7c(c(c3c64)-c3cc4c(cc32)oc2ccccc24)C(C)(C)c2ccccc2-7)C(C)(C)c2ccccc2-5)cc1. The van der Waals surface area contributed by atoms with E-state index in [-0.39, 0.29) is 28.5 Å². The lowest BCUT2D eigenvalue weighted by molar-refractivity contribution is 0.590. The van der Waals surface area contributed by atoms with Gasteiger partial charge in [-0.1, -0.05) is 160 Å². The van der Waals surface area contributed by atoms with E-state index in [4.69, 9.17) is 4.42 Å². The Hall–Kier alpha value is -6.78. The maximum absolute atomic E-state index is 6.83. The Morgan fingerprint density at radius 3 is 1.91 bits per heavy atom. The molecular formula is C62H53BN2O. The Kier molecular flexibility index (Phi) is 7.09. The van der Waals surface area contributed by atoms with Gasteiger partial charge in [-0.15, -0.1) is 0 Å². The van der Waals surface area contributed by atoms with Crippen LogP contribution in [0.15, 0.2) is 144 Å². The Bertz CT molecular complexity index is 3840. The van der Waals surface area contributed by atoms with Gasteiger partial charge < -0.3 is 13.8 Å². The summed E-state index contributed by atoms with van der Waals surface area (Å²) in [6.45, 7) is 23.6. The van der Waals surface area contributed by atoms with Crippen LogP contribution in [-0.2, 0) is 21.7 Å². The van der Waals surface area contributed by atoms with Gasteiger partial charge in [0.2, 0.25) is 0 Å². The monoisotopic (exact) mass is 852 g/mol. The lowest BCUT2D eigenvalue weighted by atomic mass is 9.43. The lowest BCUT2D eigenvalue weighted by Crippen LogP contribution is -2.61. The second kappa shape index (κ2) is 12.2. The van der Waals surface area contributed by atoms with Crippen LogP contribution in [0.5, 0.6) is 0 Å². The maximum atomic E-state index is 6.83. The first kappa shape index (κ1) is 38.5. The van der Waals surface area contributed by atoms with Gasteiger partial charge in [0.05, 0.1) is 11.0 Å². The summed E-state index contributed by atoms with van der Waals surface area (Å²) in [5.41, 5.74) is 26.7. The third-order valence-corrected chi connectivity index (χ3v) is 16.4. The average molecular weight is 853 g/mol. The van der Waals surface area contributed by atoms with E-state index < -0.39 is 0 Å². The summed E-state index contributed by atoms with van der Waals surface area (Å²) in [5.74, 6) is 0. The van der Waals surface area contributed by atoms with E-state index in [0.717, 1.165) is 21.9 Å². The number of hydrogen-bond acceptors (Lipinski definition) is 2. The van der Waals surface area contributed by atoms with Gasteiger partial charge in [0.25, 0.3) is 0 Å². The van der Waals surface area contributed by atoms with Crippen LogP contribution < -0.4 is 15.7 Å². The molecule has 0 N–H and O–H groups in total. The van der Waals surface area contributed by atoms with Crippen molar-refractivity contribution in [2.45, 2.75) is 90.9 Å². The first-order valence-electron chi connectivity index (χ1n) is 24.0. The lowest BCUT2D eigenvalue weighted by Gasteiger charge is -2.44. The zero-order valence-electron chi connectivity index (χ0n) is 39.7. The van der Waals surface area contributed by atoms with Gasteiger partial charge in [0.1, 0.15) is 11.2 Å². The number of hydrogen-bond donors (Lipinski definition) is 0. The minimum Gasteiger partial charge on any atom is -0.456 e. The molecule has 0 saturated carbocycles. The topological polar surface area (TPSA) is 21.3 Å². The average Bonchev–Trinajstić information content (AvgIpc) is 3.97. The van der Waals surface area contributed by atoms with Crippen molar-refractivity contribution in [1.82, 2.24) is 4.57 Å². The molecule has 0 radical (unpaired) electrons. The normalized spacial score (nSPS) is 15.9. The van der Waals surface area contributed by atoms with Crippen LogP contribution in [0, 0.1) is 0 Å². The summed E-state index contributed by atoms with van der Waals surface area (Å²) in [6.07, 6.45) is 0. The summed E-state index contributed by atoms with van der Waals surface area (Å²) < 4.78 is 9.53. The predicted octanol–water partition coefficient (Wildman–Crippen LogP) is 15.1. The Labute approximate surface area is 387 Å². The van der Waals surface area contributed by atoms with Crippen LogP contribution in [0.4, 0.5) is 11.4 Å². The predicted molar refractivity (Wildman–Crippen MR) is 280 cm³/mol. The van der Waals surface area contributed by atoms with Crippen molar-refractivity contribution >= 4 is 72.9 Å². The zero-order chi connectivity index (χ0) is 45.1. The number of para-hydroxylation sites is 1. The quantitative estimate of drug-likeness (QED) is 0.153. The highest BCUT2D eigenvalue weighted by molar-refractivity contribution is 6.94. The van der Waals surface area contributed by atoms with Crippen molar-refractivity contribution in [3.8, 4) is 39.1 Å². The summed E-state index contributed by atoms with van der Waals surface area (Å²) in [6, 6.07) is 53.9. The van der Waals surface area contributed by atoms with Crippen molar-refractivity contribution in [3.05, 3.63) is 173 Å². The van der Waals surface area contributed by atoms with E-state index in [1.54, 1.807) is 0 Å². The second-order valence-electron chi connectivity index (χ2n) is 22.9. The van der Waals surface area contributed by atoms with Crippen LogP contribution in [0.2, 0.25) is 0 Å². The molecule has 4 heteroatoms. The van der Waals surface area contributed by atoms with E-state index >= 15 is 0 Å². The Balaban J connectivity index is 1.24. The molecule has 0 amide bonds. The number of benzene rings is 8. The summed E-state index contributed by atoms with van der Waals surface area (Å²) in [4.78, 5) is 2.69. The van der Waals surface area contributed by atoms with Gasteiger partial charge >= 0.3 is 6.85 Å². The number of rotatable bonds is 1. The molecule has 14 rings (SSSR count). The molecule has 2 aliphatic heterocycles. The third kappa shape index (κ3) is 4.65. The molecule has 0 atom stereocenters. The van der Waals surface area contributed by atoms with Crippen LogP contribution in [-0.4, -0.2) is 11.4 Å². The highest BCUT2D eigenvalue weighted by Gasteiger charge is 2.51. The molecule has 4 heterocycles. The standard InChI is InChI=1S/C62H53BN2O/c1-59(2,3)34-23-26-36(27-24-34)65-49-33-52-41(38-18-13-16-22-51(38)66-52)30-43(49)55-56-53(39-19-12-15-21-45(39)62(56,9)10)54-42-29-35(60(4,5)6)25-28-48(42)64-50-32-46-40(31-47(50)63(65)57(55)58(54)64)37-17-11-14-20-44(37)61(46,7)8/h11-33H,1-10H3. The number of aromatic nitrogens is 1. The second-order valence-corrected chi connectivity index (χ2v) is 22.9. The number of anilines is 2. The first-order chi connectivity index (χ1) is 31.5. The van der Waals surface area contributed by atoms with Crippen LogP contribution >= 0.6 is 0 Å². The summed E-state index contributed by atoms with van der Waals surface area (Å²) in [7, 11) is 0. The number of furan rings is 1. The molecule has 0 spiro atoms. The molecule has 4 aliphatic rings. The molecule has 2 aliphatic carbocycles. The fraction of sp³-hybridized carbons (Fsp3) is 0.226. The molecule has 66 heavy (non-hydrogen) atoms. The van der Waals surface area contributed by atoms with Crippen molar-refractivity contribution in [3.63, 3.8) is 0 Å². The Morgan fingerprint density at radius 2 is 1.17 bits per heavy atom. The molecular weight excluding hydrogens is 800 g/mol. The molecule has 8 aromatic carbocycles. The minimum atomic E-state index is -0.283. The molecule has 0 saturated heterocycles. The van der Waals surface area contributed by atoms with Crippen molar-refractivity contribution in [2.75, 3.05) is 4.81 Å². The van der Waals surface area contributed by atoms with Crippen molar-refractivity contribution in [1.29, 1.82) is 0 Å². The van der Waals surface area contributed by atoms with Gasteiger partial charge in [0.15, 0.2) is 0 Å². The molecule has 0 bridgehead atoms. The van der Waals surface area contributed by atoms with E-state index in [9.17, 15) is 0 Å². The highest BCUT2D eigenvalue weighted by Crippen LogP contribution is 2.60. The molecule has 0 fully saturated rings. The fourth-order valence-corrected chi connectivity index (χ4v) is 13.1. The largest absolute Gasteiger partial charge is 0.456 e. The third-order valence-electron chi connectivity index (χ3n) is 16.4. The van der Waals surface area contributed by atoms with Crippen molar-refractivity contribution in [2.24, 2.45) is 0 Å². The maximum Gasteiger partial charge on any atom is 0.333 e. The zero-order valence-corrected chi connectivity index (χ0v) is 39.7. The summed E-state index contributed by atoms with van der Waals surface area (Å²) in [5, 5.41) is 5.02. The first-order valence-corrected chi connectivity index (χ1v) is 24.0. The molecule has 3 nitrogen and oxygen atoms in total. The molecule has 0 unspecified atom stereocenters. The number of fused-ring (bicyclic) bond motifs is 19. The van der Waals surface area contributed by atoms with E-state index in [1.807, 2.05) is 0 Å². The molecule has 10 aromatic rings. The molecule has 320 valence electrons. The van der Waals surface area contributed by atoms with E-state index in [1.165, 1.54) is 117 Å². The van der Waals surface area contributed by atoms with Gasteiger partial charge in [-0.2, -0.15) is 0 Å². The van der Waals surface area contributed by atoms with Gasteiger partial charge in [-0.05, 0) is 125 Å². The van der Waals surface area contributed by atoms with Crippen LogP contribution in [0.1, 0.15) is 103 Å². The van der Waals surface area contributed by atoms with Gasteiger partial charge in [-0.3, -0.25) is 0 Å². The minimum absolute atomic E-state index is 0.0176. The van der Waals surface area contributed by atoms with Crippen LogP contribution in [0.25, 0.3) is 82.8 Å². The smallest absolute Gasteiger partial charge is 0.333 e. The van der Waals surface area contributed by atoms with E-state index in [0.29, 0.717) is 0 Å². The number of nitrogens with zero attached hydrogens (tertiary/aromatic N) is 2. The Morgan fingerprint density at radius 1 is 0.500 bits per heavy atom.